The van der Waals surface area contributed by atoms with Gasteiger partial charge in [-0.3, -0.25) is 0 Å². The maximum absolute atomic E-state index is 7.00. The molecule has 8 heteroatoms. The maximum Gasteiger partial charge on any atom is 0.485 e. The van der Waals surface area contributed by atoms with Crippen LogP contribution in [-0.2, 0) is 8.23 Å². The van der Waals surface area contributed by atoms with E-state index in [9.17, 15) is 0 Å². The van der Waals surface area contributed by atoms with E-state index < -0.39 is 23.1 Å². The van der Waals surface area contributed by atoms with Crippen LogP contribution in [0.25, 0.3) is 0 Å². The average Bonchev–Trinajstić information content (AvgIpc) is 2.66. The summed E-state index contributed by atoms with van der Waals surface area (Å²) in [5.74, 6) is 0. The fourth-order valence-corrected chi connectivity index (χ4v) is 18.5. The molecule has 28 heavy (non-hydrogen) atoms. The molecule has 0 bridgehead atoms. The van der Waals surface area contributed by atoms with Crippen LogP contribution < -0.4 is 15.6 Å². The van der Waals surface area contributed by atoms with Gasteiger partial charge in [0.05, 0.1) is 0 Å². The van der Waals surface area contributed by atoms with Crippen LogP contribution in [0.1, 0.15) is 0 Å². The van der Waals surface area contributed by atoms with Crippen molar-refractivity contribution in [2.45, 2.75) is 13.1 Å². The minimum absolute atomic E-state index is 1.13. The molecule has 0 saturated heterocycles. The summed E-state index contributed by atoms with van der Waals surface area (Å²) in [5.41, 5.74) is 0. The topological polar surface area (TPSA) is 18.5 Å². The zero-order chi connectivity index (χ0) is 20.3. The van der Waals surface area contributed by atoms with Gasteiger partial charge in [-0.2, -0.15) is 0 Å². The van der Waals surface area contributed by atoms with E-state index in [0.29, 0.717) is 0 Å². The molecule has 0 radical (unpaired) electrons. The predicted molar refractivity (Wildman–Crippen MR) is 127 cm³/mol. The molecule has 0 aliphatic heterocycles. The van der Waals surface area contributed by atoms with Crippen molar-refractivity contribution in [3.63, 3.8) is 0 Å². The maximum atomic E-state index is 7.00. The highest BCUT2D eigenvalue weighted by molar-refractivity contribution is 7.62. The normalized spacial score (nSPS) is 12.8. The summed E-state index contributed by atoms with van der Waals surface area (Å²) in [6.45, 7) is 3.89. The second kappa shape index (κ2) is 8.85. The van der Waals surface area contributed by atoms with Crippen LogP contribution in [-0.4, -0.2) is 23.1 Å². The molecule has 0 spiro atoms. The van der Waals surface area contributed by atoms with Crippen molar-refractivity contribution < 1.29 is 8.23 Å². The highest BCUT2D eigenvalue weighted by Crippen LogP contribution is 2.28. The van der Waals surface area contributed by atoms with Crippen molar-refractivity contribution in [3.8, 4) is 0 Å². The van der Waals surface area contributed by atoms with E-state index in [0.717, 1.165) is 15.6 Å². The molecule has 0 N–H and O–H groups in total. The first-order valence-corrected chi connectivity index (χ1v) is 18.5. The molecule has 0 saturated carbocycles. The van der Waals surface area contributed by atoms with E-state index in [1.807, 2.05) is 67.7 Å². The van der Waals surface area contributed by atoms with E-state index in [1.165, 1.54) is 0 Å². The Balaban J connectivity index is 2.25. The fourth-order valence-electron chi connectivity index (χ4n) is 3.36. The lowest BCUT2D eigenvalue weighted by Crippen LogP contribution is -2.73. The lowest BCUT2D eigenvalue weighted by atomic mass is 10.3. The second-order valence-electron chi connectivity index (χ2n) is 6.83. The van der Waals surface area contributed by atoms with E-state index in [2.05, 4.69) is 36.4 Å². The van der Waals surface area contributed by atoms with Crippen molar-refractivity contribution in [2.24, 2.45) is 0 Å². The molecule has 2 nitrogen and oxygen atoms in total. The highest BCUT2D eigenvalue weighted by Gasteiger charge is 2.49. The molecule has 3 aromatic rings. The number of halogens is 3. The van der Waals surface area contributed by atoms with E-state index in [4.69, 9.17) is 41.5 Å². The molecule has 3 rings (SSSR count). The van der Waals surface area contributed by atoms with Crippen LogP contribution in [0.15, 0.2) is 91.0 Å². The molecule has 0 heterocycles. The number of hydrogen-bond donors (Lipinski definition) is 0. The second-order valence-corrected chi connectivity index (χ2v) is 21.8. The molecule has 0 unspecified atom stereocenters. The van der Waals surface area contributed by atoms with Crippen LogP contribution in [0.2, 0.25) is 13.1 Å². The Hall–Kier alpha value is -0.899. The zero-order valence-electron chi connectivity index (χ0n) is 15.6. The van der Waals surface area contributed by atoms with E-state index in [1.54, 1.807) is 0 Å². The van der Waals surface area contributed by atoms with Crippen LogP contribution in [0.3, 0.4) is 0 Å². The van der Waals surface area contributed by atoms with Crippen molar-refractivity contribution in [1.82, 2.24) is 0 Å². The Bertz CT molecular complexity index is 792. The van der Waals surface area contributed by atoms with Gasteiger partial charge in [-0.05, 0) is 28.7 Å². The van der Waals surface area contributed by atoms with E-state index >= 15 is 0 Å². The summed E-state index contributed by atoms with van der Waals surface area (Å²) in [7, 11) is -5.67. The Morgan fingerprint density at radius 2 is 0.857 bits per heavy atom. The largest absolute Gasteiger partial charge is 0.485 e. The molecule has 0 amide bonds. The molecule has 0 fully saturated rings. The molecule has 3 aromatic carbocycles. The van der Waals surface area contributed by atoms with Crippen molar-refractivity contribution in [2.75, 3.05) is 0 Å². The zero-order valence-corrected chi connectivity index (χ0v) is 20.9. The third-order valence-electron chi connectivity index (χ3n) is 4.30. The summed E-state index contributed by atoms with van der Waals surface area (Å²) < 4.78 is 12.9. The lowest BCUT2D eigenvalue weighted by molar-refractivity contribution is 0.419. The number of benzene rings is 3. The molecule has 146 valence electrons. The van der Waals surface area contributed by atoms with Gasteiger partial charge in [-0.25, -0.2) is 0 Å². The monoisotopic (exact) mass is 482 g/mol. The van der Waals surface area contributed by atoms with Crippen LogP contribution in [0.5, 0.6) is 0 Å². The van der Waals surface area contributed by atoms with Gasteiger partial charge in [0, 0.05) is 0 Å². The Morgan fingerprint density at radius 3 is 1.14 bits per heavy atom. The first-order chi connectivity index (χ1) is 13.2. The molecule has 0 aromatic heterocycles. The fraction of sp³-hybridized carbons (Fsp3) is 0.100. The van der Waals surface area contributed by atoms with Gasteiger partial charge in [0.1, 0.15) is 0 Å². The number of hydrogen-bond acceptors (Lipinski definition) is 2. The minimum atomic E-state index is -3.32. The summed E-state index contributed by atoms with van der Waals surface area (Å²) in [5, 5.41) is 3.38. The summed E-state index contributed by atoms with van der Waals surface area (Å²) >= 11 is 18.3. The summed E-state index contributed by atoms with van der Waals surface area (Å²) in [6, 6.07) is 30.9. The van der Waals surface area contributed by atoms with E-state index in [-0.39, 0.29) is 0 Å². The van der Waals surface area contributed by atoms with Gasteiger partial charge in [0.25, 0.3) is 8.32 Å². The Morgan fingerprint density at radius 1 is 0.536 bits per heavy atom. The first kappa shape index (κ1) is 21.8. The van der Waals surface area contributed by atoms with Crippen molar-refractivity contribution in [1.29, 1.82) is 0 Å². The standard InChI is InChI=1S/C20H21Cl3O2Si3/c1-26(2,25-28(21,22)23)24-27(18-12-6-3-7-13-18,19-14-8-4-9-15-19)20-16-10-5-11-17-20/h3-17H,1-2H3. The molecular weight excluding hydrogens is 463 g/mol. The van der Waals surface area contributed by atoms with Crippen LogP contribution in [0.4, 0.5) is 0 Å². The highest BCUT2D eigenvalue weighted by atomic mass is 35.8. The van der Waals surface area contributed by atoms with Crippen LogP contribution >= 0.6 is 33.2 Å². The SMILES string of the molecule is C[Si](C)(O[Si](Cl)(Cl)Cl)O[Si](c1ccccc1)(c1ccccc1)c1ccccc1. The quantitative estimate of drug-likeness (QED) is 0.279. The Kier molecular flexibility index (Phi) is 6.89. The van der Waals surface area contributed by atoms with Crippen molar-refractivity contribution in [3.05, 3.63) is 91.0 Å². The summed E-state index contributed by atoms with van der Waals surface area (Å²) in [4.78, 5) is 0. The lowest BCUT2D eigenvalue weighted by Gasteiger charge is -2.40. The van der Waals surface area contributed by atoms with Gasteiger partial charge in [-0.15, -0.1) is 0 Å². The van der Waals surface area contributed by atoms with Gasteiger partial charge in [-0.1, -0.05) is 124 Å². The third-order valence-corrected chi connectivity index (χ3v) is 15.9. The minimum Gasteiger partial charge on any atom is -0.426 e. The molecular formula is C20H21Cl3O2Si3. The molecule has 0 aliphatic rings. The van der Waals surface area contributed by atoms with Gasteiger partial charge >= 0.3 is 14.8 Å². The van der Waals surface area contributed by atoms with Gasteiger partial charge in [0.2, 0.25) is 0 Å². The smallest absolute Gasteiger partial charge is 0.426 e. The van der Waals surface area contributed by atoms with Crippen LogP contribution in [0, 0.1) is 0 Å². The average molecular weight is 484 g/mol. The molecule has 0 aliphatic carbocycles. The predicted octanol–water partition coefficient (Wildman–Crippen LogP) is 4.54. The Labute approximate surface area is 183 Å². The molecule has 0 atom stereocenters. The van der Waals surface area contributed by atoms with Crippen molar-refractivity contribution >= 4 is 71.9 Å². The first-order valence-electron chi connectivity index (χ1n) is 8.87. The number of rotatable bonds is 7. The summed E-state index contributed by atoms with van der Waals surface area (Å²) in [6.07, 6.45) is -3.32. The third kappa shape index (κ3) is 5.17. The van der Waals surface area contributed by atoms with Gasteiger partial charge < -0.3 is 8.23 Å². The van der Waals surface area contributed by atoms with Gasteiger partial charge in [0.15, 0.2) is 0 Å².